The number of methoxy groups -OCH3 is 1. The van der Waals surface area contributed by atoms with Crippen LogP contribution in [0, 0.1) is 0 Å². The zero-order valence-corrected chi connectivity index (χ0v) is 13.6. The smallest absolute Gasteiger partial charge is 0.261 e. The summed E-state index contributed by atoms with van der Waals surface area (Å²) in [6, 6.07) is 14.5. The predicted octanol–water partition coefficient (Wildman–Crippen LogP) is 3.14. The van der Waals surface area contributed by atoms with Crippen LogP contribution in [0.3, 0.4) is 0 Å². The summed E-state index contributed by atoms with van der Waals surface area (Å²) in [7, 11) is 1.64. The van der Waals surface area contributed by atoms with Gasteiger partial charge in [-0.05, 0) is 42.7 Å². The zero-order valence-electron chi connectivity index (χ0n) is 13.6. The van der Waals surface area contributed by atoms with Crippen LogP contribution in [0.25, 0.3) is 0 Å². The third-order valence-electron chi connectivity index (χ3n) is 4.29. The Bertz CT molecular complexity index is 699. The Labute approximate surface area is 141 Å². The molecule has 1 fully saturated rings. The van der Waals surface area contributed by atoms with Crippen LogP contribution in [0.15, 0.2) is 48.5 Å². The third kappa shape index (κ3) is 3.45. The highest BCUT2D eigenvalue weighted by atomic mass is 16.5. The summed E-state index contributed by atoms with van der Waals surface area (Å²) in [5, 5.41) is 9.71. The average molecular weight is 327 g/mol. The van der Waals surface area contributed by atoms with Crippen molar-refractivity contribution >= 4 is 5.91 Å². The number of phenols is 1. The number of hydrogen-bond acceptors (Lipinski definition) is 4. The molecule has 1 atom stereocenters. The Kier molecular flexibility index (Phi) is 4.89. The van der Waals surface area contributed by atoms with E-state index in [2.05, 4.69) is 0 Å². The molecule has 2 aromatic carbocycles. The van der Waals surface area contributed by atoms with E-state index in [4.69, 9.17) is 9.47 Å². The summed E-state index contributed by atoms with van der Waals surface area (Å²) in [4.78, 5) is 14.4. The normalized spacial score (nSPS) is 16.9. The van der Waals surface area contributed by atoms with Gasteiger partial charge in [0, 0.05) is 6.54 Å². The molecule has 2 aromatic rings. The standard InChI is InChI=1S/C19H21NO4/c1-23-15-10-8-14(9-11-15)16-5-4-12-20(16)19(22)13-24-18-7-3-2-6-17(18)21/h2-3,6-11,16,21H,4-5,12-13H2,1H3. The van der Waals surface area contributed by atoms with Gasteiger partial charge in [-0.1, -0.05) is 24.3 Å². The van der Waals surface area contributed by atoms with E-state index in [1.807, 2.05) is 29.2 Å². The Hall–Kier alpha value is -2.69. The van der Waals surface area contributed by atoms with E-state index in [0.717, 1.165) is 30.7 Å². The fourth-order valence-electron chi connectivity index (χ4n) is 3.04. The fraction of sp³-hybridized carbons (Fsp3) is 0.316. The molecule has 1 heterocycles. The van der Waals surface area contributed by atoms with Gasteiger partial charge in [0.2, 0.25) is 0 Å². The third-order valence-corrected chi connectivity index (χ3v) is 4.29. The Morgan fingerprint density at radius 3 is 2.67 bits per heavy atom. The molecule has 1 aliphatic rings. The van der Waals surface area contributed by atoms with Gasteiger partial charge in [0.1, 0.15) is 5.75 Å². The number of nitrogens with zero attached hydrogens (tertiary/aromatic N) is 1. The highest BCUT2D eigenvalue weighted by Gasteiger charge is 2.30. The van der Waals surface area contributed by atoms with Crippen molar-refractivity contribution in [2.45, 2.75) is 18.9 Å². The molecule has 1 amide bonds. The second-order valence-electron chi connectivity index (χ2n) is 5.77. The quantitative estimate of drug-likeness (QED) is 0.916. The van der Waals surface area contributed by atoms with Gasteiger partial charge in [-0.2, -0.15) is 0 Å². The molecule has 5 nitrogen and oxygen atoms in total. The first-order valence-electron chi connectivity index (χ1n) is 8.03. The molecular formula is C19H21NO4. The molecule has 0 aromatic heterocycles. The van der Waals surface area contributed by atoms with Gasteiger partial charge in [0.15, 0.2) is 18.1 Å². The van der Waals surface area contributed by atoms with Crippen LogP contribution in [0.4, 0.5) is 0 Å². The maximum atomic E-state index is 12.5. The van der Waals surface area contributed by atoms with Crippen LogP contribution in [0.2, 0.25) is 0 Å². The average Bonchev–Trinajstić information content (AvgIpc) is 3.10. The number of carbonyl (C=O) groups is 1. The van der Waals surface area contributed by atoms with Crippen molar-refractivity contribution in [2.75, 3.05) is 20.3 Å². The lowest BCUT2D eigenvalue weighted by atomic mass is 10.0. The van der Waals surface area contributed by atoms with Gasteiger partial charge < -0.3 is 19.5 Å². The fourth-order valence-corrected chi connectivity index (χ4v) is 3.04. The number of ether oxygens (including phenoxy) is 2. The number of rotatable bonds is 5. The number of phenolic OH excluding ortho intramolecular Hbond substituents is 1. The summed E-state index contributed by atoms with van der Waals surface area (Å²) >= 11 is 0. The van der Waals surface area contributed by atoms with Crippen molar-refractivity contribution in [3.05, 3.63) is 54.1 Å². The summed E-state index contributed by atoms with van der Waals surface area (Å²) in [5.74, 6) is 1.10. The van der Waals surface area contributed by atoms with E-state index >= 15 is 0 Å². The van der Waals surface area contributed by atoms with Crippen molar-refractivity contribution in [3.63, 3.8) is 0 Å². The molecule has 0 spiro atoms. The van der Waals surface area contributed by atoms with Crippen molar-refractivity contribution in [1.29, 1.82) is 0 Å². The monoisotopic (exact) mass is 327 g/mol. The molecule has 0 radical (unpaired) electrons. The van der Waals surface area contributed by atoms with Crippen LogP contribution in [-0.4, -0.2) is 36.2 Å². The first kappa shape index (κ1) is 16.2. The van der Waals surface area contributed by atoms with Crippen molar-refractivity contribution in [2.24, 2.45) is 0 Å². The highest BCUT2D eigenvalue weighted by molar-refractivity contribution is 5.78. The molecule has 3 rings (SSSR count). The minimum atomic E-state index is -0.0791. The molecular weight excluding hydrogens is 306 g/mol. The number of aromatic hydroxyl groups is 1. The Morgan fingerprint density at radius 2 is 1.96 bits per heavy atom. The van der Waals surface area contributed by atoms with Crippen LogP contribution < -0.4 is 9.47 Å². The summed E-state index contributed by atoms with van der Waals surface area (Å²) in [5.41, 5.74) is 1.10. The lowest BCUT2D eigenvalue weighted by Gasteiger charge is -2.25. The summed E-state index contributed by atoms with van der Waals surface area (Å²) in [6.45, 7) is 0.643. The largest absolute Gasteiger partial charge is 0.504 e. The van der Waals surface area contributed by atoms with Crippen LogP contribution in [0.5, 0.6) is 17.2 Å². The number of carbonyl (C=O) groups excluding carboxylic acids is 1. The molecule has 0 bridgehead atoms. The maximum absolute atomic E-state index is 12.5. The number of hydrogen-bond donors (Lipinski definition) is 1. The molecule has 1 aliphatic heterocycles. The number of likely N-dealkylation sites (tertiary alicyclic amines) is 1. The van der Waals surface area contributed by atoms with Gasteiger partial charge in [-0.25, -0.2) is 0 Å². The molecule has 5 heteroatoms. The molecule has 0 aliphatic carbocycles. The number of benzene rings is 2. The Morgan fingerprint density at radius 1 is 1.21 bits per heavy atom. The predicted molar refractivity (Wildman–Crippen MR) is 90.3 cm³/mol. The van der Waals surface area contributed by atoms with Crippen LogP contribution >= 0.6 is 0 Å². The van der Waals surface area contributed by atoms with Gasteiger partial charge in [-0.3, -0.25) is 4.79 Å². The van der Waals surface area contributed by atoms with Crippen LogP contribution in [-0.2, 0) is 4.79 Å². The van der Waals surface area contributed by atoms with Crippen LogP contribution in [0.1, 0.15) is 24.4 Å². The molecule has 1 N–H and O–H groups in total. The van der Waals surface area contributed by atoms with E-state index in [0.29, 0.717) is 5.75 Å². The molecule has 1 saturated heterocycles. The van der Waals surface area contributed by atoms with E-state index in [1.54, 1.807) is 25.3 Å². The highest BCUT2D eigenvalue weighted by Crippen LogP contribution is 2.33. The van der Waals surface area contributed by atoms with Gasteiger partial charge >= 0.3 is 0 Å². The lowest BCUT2D eigenvalue weighted by Crippen LogP contribution is -2.34. The SMILES string of the molecule is COc1ccc(C2CCCN2C(=O)COc2ccccc2O)cc1. The summed E-state index contributed by atoms with van der Waals surface area (Å²) < 4.78 is 10.7. The second kappa shape index (κ2) is 7.25. The first-order valence-corrected chi connectivity index (χ1v) is 8.03. The maximum Gasteiger partial charge on any atom is 0.261 e. The minimum Gasteiger partial charge on any atom is -0.504 e. The minimum absolute atomic E-state index is 0.0402. The zero-order chi connectivity index (χ0) is 16.9. The van der Waals surface area contributed by atoms with Crippen molar-refractivity contribution in [1.82, 2.24) is 4.90 Å². The van der Waals surface area contributed by atoms with E-state index in [-0.39, 0.29) is 24.3 Å². The first-order chi connectivity index (χ1) is 11.7. The number of amides is 1. The number of para-hydroxylation sites is 2. The van der Waals surface area contributed by atoms with E-state index in [9.17, 15) is 9.90 Å². The molecule has 1 unspecified atom stereocenters. The van der Waals surface area contributed by atoms with E-state index in [1.165, 1.54) is 6.07 Å². The van der Waals surface area contributed by atoms with Gasteiger partial charge in [0.05, 0.1) is 13.2 Å². The van der Waals surface area contributed by atoms with Crippen molar-refractivity contribution in [3.8, 4) is 17.2 Å². The van der Waals surface area contributed by atoms with Gasteiger partial charge in [0.25, 0.3) is 5.91 Å². The molecule has 0 saturated carbocycles. The van der Waals surface area contributed by atoms with Gasteiger partial charge in [-0.15, -0.1) is 0 Å². The topological polar surface area (TPSA) is 59.0 Å². The Balaban J connectivity index is 1.66. The molecule has 24 heavy (non-hydrogen) atoms. The van der Waals surface area contributed by atoms with E-state index < -0.39 is 0 Å². The van der Waals surface area contributed by atoms with Crippen molar-refractivity contribution < 1.29 is 19.4 Å². The lowest BCUT2D eigenvalue weighted by molar-refractivity contribution is -0.134. The second-order valence-corrected chi connectivity index (χ2v) is 5.77. The molecule has 126 valence electrons. The summed E-state index contributed by atoms with van der Waals surface area (Å²) in [6.07, 6.45) is 1.91.